The number of hydrogen-bond acceptors (Lipinski definition) is 3. The van der Waals surface area contributed by atoms with Gasteiger partial charge in [-0.15, -0.1) is 0 Å². The van der Waals surface area contributed by atoms with Gasteiger partial charge in [0, 0.05) is 36.2 Å². The minimum atomic E-state index is -0.277. The quantitative estimate of drug-likeness (QED) is 0.731. The SMILES string of the molecule is CC(=O)c1ccc(N(CCC(=O)Nc2ccc(Cl)cc2Cl)C(C)=O)cc1. The van der Waals surface area contributed by atoms with Crippen LogP contribution < -0.4 is 10.2 Å². The number of Topliss-reactive ketones (excluding diaryl/α,β-unsaturated/α-hetero) is 1. The molecule has 2 aromatic carbocycles. The molecule has 26 heavy (non-hydrogen) atoms. The van der Waals surface area contributed by atoms with Crippen molar-refractivity contribution in [2.75, 3.05) is 16.8 Å². The Kier molecular flexibility index (Phi) is 6.77. The molecular weight excluding hydrogens is 375 g/mol. The number of nitrogens with zero attached hydrogens (tertiary/aromatic N) is 1. The smallest absolute Gasteiger partial charge is 0.226 e. The minimum absolute atomic E-state index is 0.0508. The molecule has 0 aliphatic rings. The third-order valence-electron chi connectivity index (χ3n) is 3.73. The molecule has 2 aromatic rings. The lowest BCUT2D eigenvalue weighted by molar-refractivity contribution is -0.117. The number of carbonyl (C=O) groups is 3. The normalized spacial score (nSPS) is 10.3. The molecule has 0 saturated heterocycles. The molecule has 7 heteroatoms. The molecule has 2 amide bonds. The fourth-order valence-electron chi connectivity index (χ4n) is 2.36. The summed E-state index contributed by atoms with van der Waals surface area (Å²) in [5.74, 6) is -0.524. The second-order valence-electron chi connectivity index (χ2n) is 5.70. The Bertz CT molecular complexity index is 835. The first-order valence-electron chi connectivity index (χ1n) is 7.92. The van der Waals surface area contributed by atoms with E-state index in [2.05, 4.69) is 5.32 Å². The van der Waals surface area contributed by atoms with Crippen LogP contribution in [0.25, 0.3) is 0 Å². The summed E-state index contributed by atoms with van der Waals surface area (Å²) < 4.78 is 0. The fourth-order valence-corrected chi connectivity index (χ4v) is 2.82. The van der Waals surface area contributed by atoms with E-state index in [1.54, 1.807) is 36.4 Å². The minimum Gasteiger partial charge on any atom is -0.325 e. The molecule has 0 aliphatic heterocycles. The highest BCUT2D eigenvalue weighted by Crippen LogP contribution is 2.25. The van der Waals surface area contributed by atoms with Gasteiger partial charge in [-0.05, 0) is 49.4 Å². The third kappa shape index (κ3) is 5.31. The molecule has 0 bridgehead atoms. The highest BCUT2D eigenvalue weighted by atomic mass is 35.5. The van der Waals surface area contributed by atoms with Gasteiger partial charge in [-0.1, -0.05) is 23.2 Å². The zero-order valence-corrected chi connectivity index (χ0v) is 15.9. The topological polar surface area (TPSA) is 66.5 Å². The molecule has 0 aliphatic carbocycles. The van der Waals surface area contributed by atoms with Crippen molar-refractivity contribution in [3.63, 3.8) is 0 Å². The first-order valence-corrected chi connectivity index (χ1v) is 8.67. The fraction of sp³-hybridized carbons (Fsp3) is 0.211. The van der Waals surface area contributed by atoms with Gasteiger partial charge >= 0.3 is 0 Å². The van der Waals surface area contributed by atoms with Gasteiger partial charge in [-0.3, -0.25) is 14.4 Å². The van der Waals surface area contributed by atoms with E-state index in [1.165, 1.54) is 24.8 Å². The van der Waals surface area contributed by atoms with Crippen LogP contribution in [0.4, 0.5) is 11.4 Å². The molecule has 0 aromatic heterocycles. The summed E-state index contributed by atoms with van der Waals surface area (Å²) in [7, 11) is 0. The van der Waals surface area contributed by atoms with Crippen molar-refractivity contribution < 1.29 is 14.4 Å². The Morgan fingerprint density at radius 2 is 1.65 bits per heavy atom. The summed E-state index contributed by atoms with van der Waals surface area (Å²) in [5, 5.41) is 3.51. The number of benzene rings is 2. The van der Waals surface area contributed by atoms with Crippen LogP contribution in [-0.2, 0) is 9.59 Å². The Morgan fingerprint density at radius 1 is 1.00 bits per heavy atom. The number of anilines is 2. The number of nitrogens with one attached hydrogen (secondary N) is 1. The summed E-state index contributed by atoms with van der Waals surface area (Å²) in [4.78, 5) is 36.9. The van der Waals surface area contributed by atoms with E-state index >= 15 is 0 Å². The number of rotatable bonds is 6. The van der Waals surface area contributed by atoms with Crippen molar-refractivity contribution in [3.05, 3.63) is 58.1 Å². The van der Waals surface area contributed by atoms with Crippen molar-refractivity contribution in [3.8, 4) is 0 Å². The van der Waals surface area contributed by atoms with Crippen LogP contribution in [0.1, 0.15) is 30.6 Å². The van der Waals surface area contributed by atoms with Crippen LogP contribution in [0, 0.1) is 0 Å². The number of carbonyl (C=O) groups excluding carboxylic acids is 3. The average Bonchev–Trinajstić information content (AvgIpc) is 2.57. The number of halogens is 2. The molecule has 0 spiro atoms. The van der Waals surface area contributed by atoms with E-state index in [0.717, 1.165) is 0 Å². The summed E-state index contributed by atoms with van der Waals surface area (Å²) >= 11 is 11.9. The second kappa shape index (κ2) is 8.83. The Hall–Kier alpha value is -2.37. The molecule has 0 unspecified atom stereocenters. The van der Waals surface area contributed by atoms with Crippen LogP contribution in [-0.4, -0.2) is 24.1 Å². The summed E-state index contributed by atoms with van der Waals surface area (Å²) in [6.07, 6.45) is 0.0903. The summed E-state index contributed by atoms with van der Waals surface area (Å²) in [6, 6.07) is 11.5. The molecule has 0 atom stereocenters. The van der Waals surface area contributed by atoms with E-state index in [9.17, 15) is 14.4 Å². The van der Waals surface area contributed by atoms with Gasteiger partial charge in [-0.2, -0.15) is 0 Å². The van der Waals surface area contributed by atoms with E-state index < -0.39 is 0 Å². The van der Waals surface area contributed by atoms with Crippen LogP contribution in [0.2, 0.25) is 10.0 Å². The first kappa shape index (κ1) is 19.9. The van der Waals surface area contributed by atoms with Gasteiger partial charge in [0.15, 0.2) is 5.78 Å². The maximum atomic E-state index is 12.2. The van der Waals surface area contributed by atoms with Crippen molar-refractivity contribution in [2.24, 2.45) is 0 Å². The third-order valence-corrected chi connectivity index (χ3v) is 4.28. The second-order valence-corrected chi connectivity index (χ2v) is 6.54. The molecule has 1 N–H and O–H groups in total. The van der Waals surface area contributed by atoms with E-state index in [-0.39, 0.29) is 30.6 Å². The zero-order chi connectivity index (χ0) is 19.3. The van der Waals surface area contributed by atoms with Gasteiger partial charge < -0.3 is 10.2 Å². The molecule has 136 valence electrons. The predicted molar refractivity (Wildman–Crippen MR) is 104 cm³/mol. The van der Waals surface area contributed by atoms with Crippen molar-refractivity contribution in [1.29, 1.82) is 0 Å². The molecule has 0 heterocycles. The number of amides is 2. The summed E-state index contributed by atoms with van der Waals surface area (Å²) in [6.45, 7) is 3.10. The summed E-state index contributed by atoms with van der Waals surface area (Å²) in [5.41, 5.74) is 1.65. The first-order chi connectivity index (χ1) is 12.3. The number of ketones is 1. The predicted octanol–water partition coefficient (Wildman–Crippen LogP) is 4.58. The molecule has 0 saturated carbocycles. The standard InChI is InChI=1S/C19H18Cl2N2O3/c1-12(24)14-3-6-16(7-4-14)23(13(2)25)10-9-19(26)22-18-8-5-15(20)11-17(18)21/h3-8,11H,9-10H2,1-2H3,(H,22,26). The highest BCUT2D eigenvalue weighted by molar-refractivity contribution is 6.36. The van der Waals surface area contributed by atoms with Crippen molar-refractivity contribution in [1.82, 2.24) is 0 Å². The lowest BCUT2D eigenvalue weighted by atomic mass is 10.1. The molecule has 2 rings (SSSR count). The lowest BCUT2D eigenvalue weighted by Crippen LogP contribution is -2.32. The van der Waals surface area contributed by atoms with E-state index in [1.807, 2.05) is 0 Å². The number of hydrogen-bond donors (Lipinski definition) is 1. The largest absolute Gasteiger partial charge is 0.325 e. The zero-order valence-electron chi connectivity index (χ0n) is 14.4. The maximum Gasteiger partial charge on any atom is 0.226 e. The van der Waals surface area contributed by atoms with E-state index in [4.69, 9.17) is 23.2 Å². The van der Waals surface area contributed by atoms with Crippen LogP contribution in [0.5, 0.6) is 0 Å². The Morgan fingerprint density at radius 3 is 2.19 bits per heavy atom. The Balaban J connectivity index is 2.02. The van der Waals surface area contributed by atoms with E-state index in [0.29, 0.717) is 27.0 Å². The van der Waals surface area contributed by atoms with Gasteiger partial charge in [0.1, 0.15) is 0 Å². The molecular formula is C19H18Cl2N2O3. The maximum absolute atomic E-state index is 12.2. The van der Waals surface area contributed by atoms with Gasteiger partial charge in [0.2, 0.25) is 11.8 Å². The van der Waals surface area contributed by atoms with Gasteiger partial charge in [-0.25, -0.2) is 0 Å². The van der Waals surface area contributed by atoms with Crippen molar-refractivity contribution in [2.45, 2.75) is 20.3 Å². The monoisotopic (exact) mass is 392 g/mol. The Labute approximate surface area is 161 Å². The molecule has 5 nitrogen and oxygen atoms in total. The van der Waals surface area contributed by atoms with Crippen LogP contribution in [0.3, 0.4) is 0 Å². The van der Waals surface area contributed by atoms with Gasteiger partial charge in [0.05, 0.1) is 10.7 Å². The lowest BCUT2D eigenvalue weighted by Gasteiger charge is -2.21. The highest BCUT2D eigenvalue weighted by Gasteiger charge is 2.14. The molecule has 0 fully saturated rings. The van der Waals surface area contributed by atoms with Gasteiger partial charge in [0.25, 0.3) is 0 Å². The average molecular weight is 393 g/mol. The van der Waals surface area contributed by atoms with Crippen molar-refractivity contribution >= 4 is 52.2 Å². The van der Waals surface area contributed by atoms with Crippen LogP contribution >= 0.6 is 23.2 Å². The van der Waals surface area contributed by atoms with Crippen LogP contribution in [0.15, 0.2) is 42.5 Å². The molecule has 0 radical (unpaired) electrons.